The van der Waals surface area contributed by atoms with E-state index in [9.17, 15) is 9.59 Å². The first-order valence-electron chi connectivity index (χ1n) is 7.57. The molecule has 0 aromatic heterocycles. The standard InChI is InChI=1S/C16H15Cl2N3O2S/c17-10-6-3-7-11(18)14(10)20-16-21-15(23)12(24-16)8-13(22)19-9-4-1-2-5-9/h3,6-9H,1-2,4-5H2,(H,19,22)(H,20,21,23). The van der Waals surface area contributed by atoms with Crippen molar-refractivity contribution in [3.63, 3.8) is 0 Å². The monoisotopic (exact) mass is 383 g/mol. The predicted molar refractivity (Wildman–Crippen MR) is 97.8 cm³/mol. The van der Waals surface area contributed by atoms with Crippen LogP contribution < -0.4 is 10.6 Å². The number of thioether (sulfide) groups is 1. The summed E-state index contributed by atoms with van der Waals surface area (Å²) < 4.78 is 0. The first-order chi connectivity index (χ1) is 11.5. The lowest BCUT2D eigenvalue weighted by Gasteiger charge is -2.09. The van der Waals surface area contributed by atoms with E-state index in [1.165, 1.54) is 6.08 Å². The minimum absolute atomic E-state index is 0.207. The van der Waals surface area contributed by atoms with Crippen LogP contribution in [0.2, 0.25) is 10.0 Å². The summed E-state index contributed by atoms with van der Waals surface area (Å²) in [6.45, 7) is 0. The van der Waals surface area contributed by atoms with Crippen molar-refractivity contribution in [2.24, 2.45) is 4.99 Å². The molecule has 8 heteroatoms. The van der Waals surface area contributed by atoms with Crippen LogP contribution in [0.3, 0.4) is 0 Å². The lowest BCUT2D eigenvalue weighted by molar-refractivity contribution is -0.118. The van der Waals surface area contributed by atoms with E-state index in [0.29, 0.717) is 25.8 Å². The fourth-order valence-corrected chi connectivity index (χ4v) is 3.89. The molecule has 0 radical (unpaired) electrons. The topological polar surface area (TPSA) is 70.6 Å². The molecule has 2 aliphatic rings. The molecule has 1 aliphatic carbocycles. The number of nitrogens with zero attached hydrogens (tertiary/aromatic N) is 1. The summed E-state index contributed by atoms with van der Waals surface area (Å²) in [6, 6.07) is 5.26. The minimum atomic E-state index is -0.358. The Morgan fingerprint density at radius 3 is 2.62 bits per heavy atom. The molecule has 2 fully saturated rings. The number of aliphatic imine (C=N–C) groups is 1. The Kier molecular flexibility index (Phi) is 5.48. The van der Waals surface area contributed by atoms with Crippen molar-refractivity contribution in [2.75, 3.05) is 0 Å². The maximum atomic E-state index is 12.0. The molecule has 3 rings (SSSR count). The average Bonchev–Trinajstić information content (AvgIpc) is 3.14. The van der Waals surface area contributed by atoms with Crippen LogP contribution in [0.1, 0.15) is 25.7 Å². The van der Waals surface area contributed by atoms with Gasteiger partial charge in [-0.25, -0.2) is 4.99 Å². The van der Waals surface area contributed by atoms with Gasteiger partial charge in [-0.05, 0) is 36.7 Å². The molecule has 0 atom stereocenters. The summed E-state index contributed by atoms with van der Waals surface area (Å²) in [5.41, 5.74) is 0.389. The number of benzene rings is 1. The van der Waals surface area contributed by atoms with Crippen LogP contribution in [-0.4, -0.2) is 23.0 Å². The van der Waals surface area contributed by atoms with Gasteiger partial charge in [0.2, 0.25) is 5.91 Å². The second-order valence-corrected chi connectivity index (χ2v) is 7.39. The van der Waals surface area contributed by atoms with E-state index >= 15 is 0 Å². The SMILES string of the molecule is O=C(C=C1SC(=Nc2c(Cl)cccc2Cl)NC1=O)NC1CCCC1. The van der Waals surface area contributed by atoms with Crippen LogP contribution in [0.15, 0.2) is 34.2 Å². The predicted octanol–water partition coefficient (Wildman–Crippen LogP) is 3.79. The van der Waals surface area contributed by atoms with E-state index < -0.39 is 0 Å². The molecule has 5 nitrogen and oxygen atoms in total. The summed E-state index contributed by atoms with van der Waals surface area (Å²) in [7, 11) is 0. The molecule has 2 amide bonds. The summed E-state index contributed by atoms with van der Waals surface area (Å²) in [6.07, 6.45) is 5.56. The summed E-state index contributed by atoms with van der Waals surface area (Å²) in [5.74, 6) is -0.611. The second kappa shape index (κ2) is 7.59. The minimum Gasteiger partial charge on any atom is -0.350 e. The van der Waals surface area contributed by atoms with Crippen LogP contribution in [0.4, 0.5) is 5.69 Å². The smallest absolute Gasteiger partial charge is 0.264 e. The molecule has 1 aromatic carbocycles. The van der Waals surface area contributed by atoms with Gasteiger partial charge in [0.25, 0.3) is 5.91 Å². The van der Waals surface area contributed by atoms with Crippen molar-refractivity contribution in [1.82, 2.24) is 10.6 Å². The highest BCUT2D eigenvalue weighted by Gasteiger charge is 2.26. The van der Waals surface area contributed by atoms with Crippen LogP contribution >= 0.6 is 35.0 Å². The molecule has 126 valence electrons. The third kappa shape index (κ3) is 4.12. The van der Waals surface area contributed by atoms with Crippen molar-refractivity contribution in [2.45, 2.75) is 31.7 Å². The molecule has 1 saturated heterocycles. The zero-order valence-electron chi connectivity index (χ0n) is 12.6. The number of carbonyl (C=O) groups excluding carboxylic acids is 2. The van der Waals surface area contributed by atoms with E-state index in [1.54, 1.807) is 18.2 Å². The Morgan fingerprint density at radius 2 is 1.96 bits per heavy atom. The maximum Gasteiger partial charge on any atom is 0.264 e. The first-order valence-corrected chi connectivity index (χ1v) is 9.14. The zero-order chi connectivity index (χ0) is 17.1. The molecular weight excluding hydrogens is 369 g/mol. The van der Waals surface area contributed by atoms with Gasteiger partial charge in [-0.3, -0.25) is 9.59 Å². The molecule has 1 aliphatic heterocycles. The second-order valence-electron chi connectivity index (χ2n) is 5.54. The molecule has 24 heavy (non-hydrogen) atoms. The van der Waals surface area contributed by atoms with E-state index in [2.05, 4.69) is 15.6 Å². The van der Waals surface area contributed by atoms with Crippen LogP contribution in [0.5, 0.6) is 0 Å². The fraction of sp³-hybridized carbons (Fsp3) is 0.312. The number of para-hydroxylation sites is 1. The van der Waals surface area contributed by atoms with Crippen LogP contribution in [0, 0.1) is 0 Å². The Bertz CT molecular complexity index is 723. The van der Waals surface area contributed by atoms with Gasteiger partial charge in [0.1, 0.15) is 5.69 Å². The van der Waals surface area contributed by atoms with Gasteiger partial charge < -0.3 is 10.6 Å². The Balaban J connectivity index is 1.72. The lowest BCUT2D eigenvalue weighted by Crippen LogP contribution is -2.31. The van der Waals surface area contributed by atoms with Crippen molar-refractivity contribution in [1.29, 1.82) is 0 Å². The average molecular weight is 384 g/mol. The number of hydrogen-bond donors (Lipinski definition) is 2. The van der Waals surface area contributed by atoms with E-state index in [1.807, 2.05) is 0 Å². The third-order valence-electron chi connectivity index (χ3n) is 3.77. The number of nitrogens with one attached hydrogen (secondary N) is 2. The van der Waals surface area contributed by atoms with E-state index in [4.69, 9.17) is 23.2 Å². The molecular formula is C16H15Cl2N3O2S. The third-order valence-corrected chi connectivity index (χ3v) is 5.29. The van der Waals surface area contributed by atoms with Gasteiger partial charge in [-0.15, -0.1) is 0 Å². The molecule has 0 spiro atoms. The maximum absolute atomic E-state index is 12.0. The molecule has 0 bridgehead atoms. The van der Waals surface area contributed by atoms with Crippen molar-refractivity contribution < 1.29 is 9.59 Å². The highest BCUT2D eigenvalue weighted by molar-refractivity contribution is 8.18. The van der Waals surface area contributed by atoms with E-state index in [0.717, 1.165) is 37.4 Å². The lowest BCUT2D eigenvalue weighted by atomic mass is 10.2. The number of amides is 2. The molecule has 0 unspecified atom stereocenters. The molecule has 1 heterocycles. The van der Waals surface area contributed by atoms with Gasteiger partial charge >= 0.3 is 0 Å². The zero-order valence-corrected chi connectivity index (χ0v) is 15.0. The molecule has 1 saturated carbocycles. The van der Waals surface area contributed by atoms with Crippen molar-refractivity contribution in [3.05, 3.63) is 39.2 Å². The normalized spacial score (nSPS) is 21.5. The Morgan fingerprint density at radius 1 is 1.29 bits per heavy atom. The number of carbonyl (C=O) groups is 2. The largest absolute Gasteiger partial charge is 0.350 e. The highest BCUT2D eigenvalue weighted by Crippen LogP contribution is 2.35. The van der Waals surface area contributed by atoms with Gasteiger partial charge in [-0.2, -0.15) is 0 Å². The Labute approximate surface area is 153 Å². The van der Waals surface area contributed by atoms with Crippen LogP contribution in [0.25, 0.3) is 0 Å². The van der Waals surface area contributed by atoms with Gasteiger partial charge in [0.15, 0.2) is 5.17 Å². The number of halogens is 2. The Hall–Kier alpha value is -1.50. The van der Waals surface area contributed by atoms with Crippen molar-refractivity contribution >= 4 is 57.6 Å². The summed E-state index contributed by atoms with van der Waals surface area (Å²) in [5, 5.41) is 6.66. The van der Waals surface area contributed by atoms with Crippen LogP contribution in [-0.2, 0) is 9.59 Å². The van der Waals surface area contributed by atoms with E-state index in [-0.39, 0.29) is 17.9 Å². The van der Waals surface area contributed by atoms with Gasteiger partial charge in [0, 0.05) is 12.1 Å². The highest BCUT2D eigenvalue weighted by atomic mass is 35.5. The summed E-state index contributed by atoms with van der Waals surface area (Å²) in [4.78, 5) is 28.6. The van der Waals surface area contributed by atoms with Gasteiger partial charge in [-0.1, -0.05) is 42.1 Å². The fourth-order valence-electron chi connectivity index (χ4n) is 2.61. The molecule has 1 aromatic rings. The molecule has 2 N–H and O–H groups in total. The number of amidine groups is 1. The quantitative estimate of drug-likeness (QED) is 0.779. The summed E-state index contributed by atoms with van der Waals surface area (Å²) >= 11 is 13.2. The van der Waals surface area contributed by atoms with Crippen molar-refractivity contribution in [3.8, 4) is 0 Å². The number of rotatable bonds is 3. The number of hydrogen-bond acceptors (Lipinski definition) is 4. The first kappa shape index (κ1) is 17.3. The van der Waals surface area contributed by atoms with Gasteiger partial charge in [0.05, 0.1) is 15.0 Å².